The van der Waals surface area contributed by atoms with Crippen molar-refractivity contribution < 1.29 is 38.2 Å². The molecule has 0 aliphatic rings. The Balaban J connectivity index is 4.41. The first-order valence-electron chi connectivity index (χ1n) is 24.3. The number of carbonyl (C=O) groups is 3. The molecule has 0 saturated heterocycles. The molecule has 8 heteroatoms. The van der Waals surface area contributed by atoms with Gasteiger partial charge in [-0.2, -0.15) is 0 Å². The number of nitrogens with zero attached hydrogens (tertiary/aromatic N) is 1. The second-order valence-electron chi connectivity index (χ2n) is 16.7. The van der Waals surface area contributed by atoms with Crippen LogP contribution in [0.3, 0.4) is 0 Å². The Morgan fingerprint density at radius 1 is 0.484 bits per heavy atom. The van der Waals surface area contributed by atoms with Gasteiger partial charge in [-0.1, -0.05) is 186 Å². The zero-order valence-corrected chi connectivity index (χ0v) is 40.6. The van der Waals surface area contributed by atoms with Crippen LogP contribution in [0.25, 0.3) is 0 Å². The summed E-state index contributed by atoms with van der Waals surface area (Å²) in [7, 11) is 5.38. The molecule has 0 heterocycles. The number of aliphatic carboxylic acids is 1. The summed E-state index contributed by atoms with van der Waals surface area (Å²) in [6, 6.07) is -0.745. The minimum Gasteiger partial charge on any atom is -0.544 e. The summed E-state index contributed by atoms with van der Waals surface area (Å²) in [5, 5.41) is 11.7. The summed E-state index contributed by atoms with van der Waals surface area (Å²) < 4.78 is 17.2. The van der Waals surface area contributed by atoms with Gasteiger partial charge in [-0.15, -0.1) is 0 Å². The van der Waals surface area contributed by atoms with E-state index in [1.807, 2.05) is 60.8 Å². The lowest BCUT2D eigenvalue weighted by atomic mass is 10.1. The van der Waals surface area contributed by atoms with Gasteiger partial charge in [0.1, 0.15) is 12.6 Å². The van der Waals surface area contributed by atoms with Crippen LogP contribution in [0.5, 0.6) is 0 Å². The first-order chi connectivity index (χ1) is 31.1. The van der Waals surface area contributed by atoms with Crippen LogP contribution in [0.15, 0.2) is 134 Å². The van der Waals surface area contributed by atoms with Gasteiger partial charge in [0, 0.05) is 19.3 Å². The predicted octanol–water partition coefficient (Wildman–Crippen LogP) is 12.6. The Bertz CT molecular complexity index is 1500. The first-order valence-corrected chi connectivity index (χ1v) is 24.3. The van der Waals surface area contributed by atoms with Crippen molar-refractivity contribution in [2.45, 2.75) is 161 Å². The summed E-state index contributed by atoms with van der Waals surface area (Å²) in [5.41, 5.74) is 0. The topological polar surface area (TPSA) is 102 Å². The second-order valence-corrected chi connectivity index (χ2v) is 16.7. The highest BCUT2D eigenvalue weighted by atomic mass is 16.6. The summed E-state index contributed by atoms with van der Waals surface area (Å²) in [6.07, 6.45) is 64.7. The van der Waals surface area contributed by atoms with Gasteiger partial charge in [0.25, 0.3) is 0 Å². The molecular formula is C56H87NO7. The summed E-state index contributed by atoms with van der Waals surface area (Å²) in [6.45, 7) is 4.32. The predicted molar refractivity (Wildman–Crippen MR) is 267 cm³/mol. The van der Waals surface area contributed by atoms with E-state index in [4.69, 9.17) is 14.2 Å². The van der Waals surface area contributed by atoms with Crippen molar-refractivity contribution >= 4 is 17.9 Å². The summed E-state index contributed by atoms with van der Waals surface area (Å²) >= 11 is 0. The molecule has 0 aliphatic heterocycles. The van der Waals surface area contributed by atoms with Crippen molar-refractivity contribution in [2.75, 3.05) is 41.0 Å². The van der Waals surface area contributed by atoms with Gasteiger partial charge in [-0.05, 0) is 77.0 Å². The zero-order valence-electron chi connectivity index (χ0n) is 40.6. The van der Waals surface area contributed by atoms with E-state index in [0.29, 0.717) is 6.42 Å². The van der Waals surface area contributed by atoms with E-state index in [-0.39, 0.29) is 55.5 Å². The number of allylic oxidation sites excluding steroid dienone is 22. The van der Waals surface area contributed by atoms with Crippen LogP contribution in [0.4, 0.5) is 0 Å². The molecule has 2 unspecified atom stereocenters. The lowest BCUT2D eigenvalue weighted by Crippen LogP contribution is -2.55. The molecule has 0 aromatic rings. The lowest BCUT2D eigenvalue weighted by Gasteiger charge is -2.34. The van der Waals surface area contributed by atoms with Crippen LogP contribution >= 0.6 is 0 Å². The van der Waals surface area contributed by atoms with E-state index in [1.54, 1.807) is 21.1 Å². The fourth-order valence-corrected chi connectivity index (χ4v) is 6.25. The van der Waals surface area contributed by atoms with Gasteiger partial charge in [0.2, 0.25) is 0 Å². The maximum Gasteiger partial charge on any atom is 0.306 e. The SMILES string of the molecule is CC/C=C/C=C/C=C/C=C/C=C/C=C/CCCCCC(=O)OCC(COCCC(C(=O)[O-])[N+](C)(C)C)OC(=O)CCCCCCCCC/C=C/C/C=C/C/C=C/C/C=C/C/C=C/CC. The van der Waals surface area contributed by atoms with Crippen molar-refractivity contribution in [3.63, 3.8) is 0 Å². The monoisotopic (exact) mass is 886 g/mol. The highest BCUT2D eigenvalue weighted by molar-refractivity contribution is 5.70. The molecule has 0 aliphatic carbocycles. The first kappa shape index (κ1) is 59.5. The number of carbonyl (C=O) groups excluding carboxylic acids is 3. The molecule has 0 fully saturated rings. The number of ether oxygens (including phenoxy) is 3. The third kappa shape index (κ3) is 42.8. The summed E-state index contributed by atoms with van der Waals surface area (Å²) in [4.78, 5) is 37.0. The largest absolute Gasteiger partial charge is 0.544 e. The smallest absolute Gasteiger partial charge is 0.306 e. The van der Waals surface area contributed by atoms with E-state index in [2.05, 4.69) is 86.8 Å². The molecule has 0 bridgehead atoms. The van der Waals surface area contributed by atoms with Crippen LogP contribution < -0.4 is 5.11 Å². The van der Waals surface area contributed by atoms with Gasteiger partial charge in [-0.3, -0.25) is 9.59 Å². The zero-order chi connectivity index (χ0) is 47.0. The van der Waals surface area contributed by atoms with Gasteiger partial charge in [0.15, 0.2) is 6.10 Å². The number of hydrogen-bond donors (Lipinski definition) is 0. The van der Waals surface area contributed by atoms with Crippen molar-refractivity contribution in [1.82, 2.24) is 0 Å². The lowest BCUT2D eigenvalue weighted by molar-refractivity contribution is -0.889. The number of likely N-dealkylation sites (N-methyl/N-ethyl adjacent to an activating group) is 1. The standard InChI is InChI=1S/C56H87NO7/c1-6-8-10-12-14-16-18-20-22-24-25-26-27-28-29-31-33-35-37-39-41-43-45-47-55(59)64-52(50-62-49-48-53(56(60)61)57(3,4)5)51-63-54(58)46-44-42-40-38-36-34-32-30-23-21-19-17-15-13-11-9-7-2/h8-11,13-17,19-23,25-26,28-30,32,34,36,52-53H,6-7,12,18,24,27,31,33,35,37-51H2,1-5H3/b10-8+,11-9+,15-13+,16-14+,19-17+,22-20+,23-21+,26-25+,29-28+,32-30+,36-34+. The van der Waals surface area contributed by atoms with Gasteiger partial charge >= 0.3 is 11.9 Å². The molecule has 0 spiro atoms. The van der Waals surface area contributed by atoms with E-state index in [0.717, 1.165) is 89.9 Å². The molecule has 0 aromatic heterocycles. The third-order valence-corrected chi connectivity index (χ3v) is 9.94. The van der Waals surface area contributed by atoms with E-state index < -0.39 is 18.1 Å². The van der Waals surface area contributed by atoms with Crippen molar-refractivity contribution in [3.8, 4) is 0 Å². The average Bonchev–Trinajstić information content (AvgIpc) is 3.26. The fourth-order valence-electron chi connectivity index (χ4n) is 6.25. The molecule has 0 rings (SSSR count). The number of rotatable bonds is 41. The molecule has 64 heavy (non-hydrogen) atoms. The van der Waals surface area contributed by atoms with Crippen LogP contribution in [0, 0.1) is 0 Å². The van der Waals surface area contributed by atoms with E-state index >= 15 is 0 Å². The van der Waals surface area contributed by atoms with Crippen molar-refractivity contribution in [2.24, 2.45) is 0 Å². The number of carboxylic acid groups (broad SMARTS) is 1. The van der Waals surface area contributed by atoms with Crippen LogP contribution in [0.1, 0.15) is 149 Å². The Morgan fingerprint density at radius 3 is 1.42 bits per heavy atom. The number of unbranched alkanes of at least 4 members (excludes halogenated alkanes) is 10. The molecule has 0 N–H and O–H groups in total. The highest BCUT2D eigenvalue weighted by Crippen LogP contribution is 2.13. The van der Waals surface area contributed by atoms with Gasteiger partial charge < -0.3 is 28.6 Å². The van der Waals surface area contributed by atoms with Crippen LogP contribution in [-0.2, 0) is 28.6 Å². The Labute approximate surface area is 390 Å². The highest BCUT2D eigenvalue weighted by Gasteiger charge is 2.25. The molecule has 2 atom stereocenters. The minimum atomic E-state index is -1.14. The number of esters is 2. The number of hydrogen-bond acceptors (Lipinski definition) is 7. The molecule has 0 saturated carbocycles. The average molecular weight is 886 g/mol. The maximum atomic E-state index is 12.8. The van der Waals surface area contributed by atoms with Crippen molar-refractivity contribution in [3.05, 3.63) is 134 Å². The fraction of sp³-hybridized carbons (Fsp3) is 0.554. The quantitative estimate of drug-likeness (QED) is 0.0198. The number of quaternary nitrogens is 1. The molecule has 8 nitrogen and oxygen atoms in total. The Kier molecular flexibility index (Phi) is 41.9. The molecule has 0 aromatic carbocycles. The van der Waals surface area contributed by atoms with E-state index in [9.17, 15) is 19.5 Å². The second kappa shape index (κ2) is 45.1. The Morgan fingerprint density at radius 2 is 0.906 bits per heavy atom. The Hall–Kier alpha value is -4.53. The van der Waals surface area contributed by atoms with Gasteiger partial charge in [0.05, 0.1) is 40.3 Å². The molecular weight excluding hydrogens is 799 g/mol. The normalized spacial score (nSPS) is 14.1. The van der Waals surface area contributed by atoms with E-state index in [1.165, 1.54) is 19.3 Å². The van der Waals surface area contributed by atoms with Crippen molar-refractivity contribution in [1.29, 1.82) is 0 Å². The van der Waals surface area contributed by atoms with Gasteiger partial charge in [-0.25, -0.2) is 0 Å². The minimum absolute atomic E-state index is 0.0110. The third-order valence-electron chi connectivity index (χ3n) is 9.94. The molecule has 0 radical (unpaired) electrons. The van der Waals surface area contributed by atoms with Crippen LogP contribution in [0.2, 0.25) is 0 Å². The summed E-state index contributed by atoms with van der Waals surface area (Å²) in [5.74, 6) is -1.83. The van der Waals surface area contributed by atoms with Crippen LogP contribution in [-0.4, -0.2) is 75.5 Å². The number of carboxylic acids is 1. The maximum absolute atomic E-state index is 12.8. The molecule has 0 amide bonds. The molecule has 358 valence electrons.